The number of rotatable bonds is 0. The zero-order chi connectivity index (χ0) is 18.7. The number of aliphatic hydroxyl groups is 4. The van der Waals surface area contributed by atoms with Crippen LogP contribution in [-0.4, -0.2) is 69.3 Å². The van der Waals surface area contributed by atoms with E-state index in [0.717, 1.165) is 12.8 Å². The lowest BCUT2D eigenvalue weighted by Gasteiger charge is -2.43. The number of hydrogen-bond donors (Lipinski definition) is 4. The van der Waals surface area contributed by atoms with Crippen LogP contribution in [0, 0.1) is 0 Å². The molecule has 26 heavy (non-hydrogen) atoms. The van der Waals surface area contributed by atoms with E-state index in [9.17, 15) is 20.4 Å². The van der Waals surface area contributed by atoms with Crippen LogP contribution in [0.5, 0.6) is 0 Å². The van der Waals surface area contributed by atoms with Crippen LogP contribution in [0.4, 0.5) is 0 Å². The number of ether oxygens (including phenoxy) is 2. The summed E-state index contributed by atoms with van der Waals surface area (Å²) in [5.41, 5.74) is -3.53. The van der Waals surface area contributed by atoms with Gasteiger partial charge in [0.25, 0.3) is 0 Å². The van der Waals surface area contributed by atoms with Gasteiger partial charge in [0.15, 0.2) is 0 Å². The molecule has 4 bridgehead atoms. The first-order valence-electron chi connectivity index (χ1n) is 10.3. The van der Waals surface area contributed by atoms with Crippen LogP contribution >= 0.6 is 0 Å². The van der Waals surface area contributed by atoms with Crippen molar-refractivity contribution in [3.05, 3.63) is 0 Å². The van der Waals surface area contributed by atoms with E-state index in [2.05, 4.69) is 0 Å². The third kappa shape index (κ3) is 5.40. The lowest BCUT2D eigenvalue weighted by atomic mass is 9.72. The average Bonchev–Trinajstić information content (AvgIpc) is 2.52. The molecule has 3 aliphatic rings. The molecule has 0 unspecified atom stereocenters. The number of fused-ring (bicyclic) bond motifs is 4. The van der Waals surface area contributed by atoms with Crippen molar-refractivity contribution in [1.29, 1.82) is 0 Å². The minimum Gasteiger partial charge on any atom is -0.390 e. The summed E-state index contributed by atoms with van der Waals surface area (Å²) >= 11 is 0. The average molecular weight is 373 g/mol. The van der Waals surface area contributed by atoms with Gasteiger partial charge in [-0.1, -0.05) is 0 Å². The normalized spacial score (nSPS) is 46.6. The van der Waals surface area contributed by atoms with Gasteiger partial charge in [0.2, 0.25) is 0 Å². The Labute approximate surface area is 156 Å². The summed E-state index contributed by atoms with van der Waals surface area (Å²) in [6.07, 6.45) is 7.08. The van der Waals surface area contributed by atoms with E-state index in [1.807, 2.05) is 0 Å². The van der Waals surface area contributed by atoms with E-state index in [1.165, 1.54) is 0 Å². The van der Waals surface area contributed by atoms with Gasteiger partial charge in [-0.15, -0.1) is 0 Å². The van der Waals surface area contributed by atoms with Crippen LogP contribution in [0.2, 0.25) is 0 Å². The fourth-order valence-corrected chi connectivity index (χ4v) is 5.18. The van der Waals surface area contributed by atoms with Gasteiger partial charge >= 0.3 is 0 Å². The Morgan fingerprint density at radius 1 is 0.423 bits per heavy atom. The monoisotopic (exact) mass is 372 g/mol. The van der Waals surface area contributed by atoms with E-state index >= 15 is 0 Å². The maximum absolute atomic E-state index is 10.8. The largest absolute Gasteiger partial charge is 0.390 e. The molecule has 0 amide bonds. The molecule has 4 atom stereocenters. The van der Waals surface area contributed by atoms with E-state index in [4.69, 9.17) is 9.47 Å². The quantitative estimate of drug-likeness (QED) is 0.516. The van der Waals surface area contributed by atoms with Crippen LogP contribution in [0.15, 0.2) is 0 Å². The van der Waals surface area contributed by atoms with Gasteiger partial charge in [0, 0.05) is 39.3 Å². The smallest absolute Gasteiger partial charge is 0.0697 e. The molecule has 4 N–H and O–H groups in total. The minimum atomic E-state index is -0.883. The fraction of sp³-hybridized carbons (Fsp3) is 1.00. The van der Waals surface area contributed by atoms with E-state index in [0.29, 0.717) is 90.6 Å². The predicted molar refractivity (Wildman–Crippen MR) is 96.8 cm³/mol. The lowest BCUT2D eigenvalue weighted by molar-refractivity contribution is -0.136. The molecule has 6 heteroatoms. The van der Waals surface area contributed by atoms with E-state index < -0.39 is 22.4 Å². The lowest BCUT2D eigenvalue weighted by Crippen LogP contribution is -2.48. The second-order valence-corrected chi connectivity index (χ2v) is 9.18. The van der Waals surface area contributed by atoms with Crippen molar-refractivity contribution in [2.24, 2.45) is 0 Å². The van der Waals surface area contributed by atoms with Crippen LogP contribution in [0.25, 0.3) is 0 Å². The van der Waals surface area contributed by atoms with Gasteiger partial charge in [-0.05, 0) is 64.2 Å². The van der Waals surface area contributed by atoms with Gasteiger partial charge in [0.1, 0.15) is 0 Å². The Kier molecular flexibility index (Phi) is 6.32. The minimum absolute atomic E-state index is 0.362. The zero-order valence-corrected chi connectivity index (χ0v) is 15.9. The second kappa shape index (κ2) is 8.02. The molecule has 3 rings (SSSR count). The van der Waals surface area contributed by atoms with Crippen molar-refractivity contribution in [1.82, 2.24) is 0 Å². The Morgan fingerprint density at radius 2 is 0.692 bits per heavy atom. The molecule has 2 aliphatic carbocycles. The molecule has 1 saturated heterocycles. The van der Waals surface area contributed by atoms with Crippen LogP contribution in [-0.2, 0) is 9.47 Å². The highest BCUT2D eigenvalue weighted by Crippen LogP contribution is 2.41. The summed E-state index contributed by atoms with van der Waals surface area (Å²) in [4.78, 5) is 0. The summed E-state index contributed by atoms with van der Waals surface area (Å²) in [6, 6.07) is 0. The Morgan fingerprint density at radius 3 is 0.962 bits per heavy atom. The zero-order valence-electron chi connectivity index (χ0n) is 15.9. The van der Waals surface area contributed by atoms with E-state index in [1.54, 1.807) is 0 Å². The highest BCUT2D eigenvalue weighted by molar-refractivity contribution is 4.97. The van der Waals surface area contributed by atoms with Crippen LogP contribution in [0.1, 0.15) is 77.0 Å². The van der Waals surface area contributed by atoms with Crippen molar-refractivity contribution in [3.8, 4) is 0 Å². The SMILES string of the molecule is O[C@]12CCC[C@](O)(CCOCC[C@]3(O)CCC[C@](O)(CCOCC1)C3)C2. The standard InChI is InChI=1S/C20H36O6/c21-17-3-1-4-18(22,15-17)8-12-26-14-10-20(24)6-2-5-19(23,16-20)9-13-25-11-7-17/h21-24H,1-16H2/t17-,18+,19+,20-. The van der Waals surface area contributed by atoms with Crippen molar-refractivity contribution < 1.29 is 29.9 Å². The Hall–Kier alpha value is -0.240. The van der Waals surface area contributed by atoms with E-state index in [-0.39, 0.29) is 0 Å². The van der Waals surface area contributed by atoms with Crippen molar-refractivity contribution in [2.45, 2.75) is 99.5 Å². The molecule has 3 fully saturated rings. The molecule has 6 nitrogen and oxygen atoms in total. The molecule has 0 aromatic heterocycles. The summed E-state index contributed by atoms with van der Waals surface area (Å²) in [6.45, 7) is 1.68. The Bertz CT molecular complexity index is 395. The molecule has 1 heterocycles. The fourth-order valence-electron chi connectivity index (χ4n) is 5.18. The van der Waals surface area contributed by atoms with Crippen molar-refractivity contribution in [3.63, 3.8) is 0 Å². The van der Waals surface area contributed by atoms with Gasteiger partial charge in [-0.3, -0.25) is 0 Å². The molecule has 0 radical (unpaired) electrons. The molecule has 1 aliphatic heterocycles. The first kappa shape index (κ1) is 20.5. The molecule has 0 aromatic rings. The predicted octanol–water partition coefficient (Wildman–Crippen LogP) is 1.67. The van der Waals surface area contributed by atoms with Gasteiger partial charge in [-0.2, -0.15) is 0 Å². The maximum Gasteiger partial charge on any atom is 0.0697 e. The third-order valence-electron chi connectivity index (χ3n) is 6.73. The van der Waals surface area contributed by atoms with Crippen molar-refractivity contribution >= 4 is 0 Å². The first-order valence-corrected chi connectivity index (χ1v) is 10.3. The van der Waals surface area contributed by atoms with Crippen molar-refractivity contribution in [2.75, 3.05) is 26.4 Å². The highest BCUT2D eigenvalue weighted by Gasteiger charge is 2.44. The topological polar surface area (TPSA) is 99.4 Å². The van der Waals surface area contributed by atoms with Gasteiger partial charge in [0.05, 0.1) is 22.4 Å². The summed E-state index contributed by atoms with van der Waals surface area (Å²) in [7, 11) is 0. The molecule has 2 saturated carbocycles. The van der Waals surface area contributed by atoms with Gasteiger partial charge in [-0.25, -0.2) is 0 Å². The molecule has 0 spiro atoms. The highest BCUT2D eigenvalue weighted by atomic mass is 16.5. The summed E-state index contributed by atoms with van der Waals surface area (Å²) in [5.74, 6) is 0. The van der Waals surface area contributed by atoms with Gasteiger partial charge < -0.3 is 29.9 Å². The molecular formula is C20H36O6. The van der Waals surface area contributed by atoms with Crippen LogP contribution < -0.4 is 0 Å². The Balaban J connectivity index is 1.64. The molecule has 0 aromatic carbocycles. The summed E-state index contributed by atoms with van der Waals surface area (Å²) in [5, 5.41) is 43.4. The summed E-state index contributed by atoms with van der Waals surface area (Å²) < 4.78 is 11.4. The van der Waals surface area contributed by atoms with Crippen LogP contribution in [0.3, 0.4) is 0 Å². The molecular weight excluding hydrogens is 336 g/mol. The maximum atomic E-state index is 10.8. The second-order valence-electron chi connectivity index (χ2n) is 9.18. The first-order chi connectivity index (χ1) is 12.2. The third-order valence-corrected chi connectivity index (χ3v) is 6.73. The molecule has 152 valence electrons. The number of hydrogen-bond acceptors (Lipinski definition) is 6.